The van der Waals surface area contributed by atoms with Crippen LogP contribution in [0.15, 0.2) is 53.3 Å². The standard InChI is InChI=1S/C20H23N3O/c1-14-6-5-7-18-22-17(12-19(24)23(14)18)13-21-16-10-8-15(9-11-16)20(2,3)4/h5-12,21H,13H2,1-4H3. The normalized spacial score (nSPS) is 11.7. The van der Waals surface area contributed by atoms with Gasteiger partial charge in [-0.1, -0.05) is 39.0 Å². The van der Waals surface area contributed by atoms with Crippen LogP contribution >= 0.6 is 0 Å². The summed E-state index contributed by atoms with van der Waals surface area (Å²) < 4.78 is 1.63. The Morgan fingerprint density at radius 2 is 1.79 bits per heavy atom. The van der Waals surface area contributed by atoms with Crippen molar-refractivity contribution in [3.63, 3.8) is 0 Å². The average Bonchev–Trinajstić information content (AvgIpc) is 2.52. The van der Waals surface area contributed by atoms with Crippen LogP contribution in [0.5, 0.6) is 0 Å². The van der Waals surface area contributed by atoms with E-state index in [4.69, 9.17) is 0 Å². The van der Waals surface area contributed by atoms with Crippen molar-refractivity contribution < 1.29 is 0 Å². The third kappa shape index (κ3) is 3.32. The molecule has 0 fully saturated rings. The van der Waals surface area contributed by atoms with E-state index >= 15 is 0 Å². The van der Waals surface area contributed by atoms with Crippen LogP contribution in [0.3, 0.4) is 0 Å². The van der Waals surface area contributed by atoms with Gasteiger partial charge >= 0.3 is 0 Å². The first-order chi connectivity index (χ1) is 11.3. The highest BCUT2D eigenvalue weighted by atomic mass is 16.1. The quantitative estimate of drug-likeness (QED) is 0.795. The van der Waals surface area contributed by atoms with Crippen LogP contribution in [-0.2, 0) is 12.0 Å². The van der Waals surface area contributed by atoms with Gasteiger partial charge < -0.3 is 5.32 Å². The molecule has 1 aromatic carbocycles. The maximum absolute atomic E-state index is 12.3. The van der Waals surface area contributed by atoms with Crippen molar-refractivity contribution in [3.8, 4) is 0 Å². The van der Waals surface area contributed by atoms with Crippen molar-refractivity contribution >= 4 is 11.3 Å². The van der Waals surface area contributed by atoms with Crippen molar-refractivity contribution in [2.24, 2.45) is 0 Å². The summed E-state index contributed by atoms with van der Waals surface area (Å²) in [6, 6.07) is 15.7. The van der Waals surface area contributed by atoms with E-state index in [-0.39, 0.29) is 11.0 Å². The number of benzene rings is 1. The van der Waals surface area contributed by atoms with Crippen LogP contribution in [0, 0.1) is 6.92 Å². The first-order valence-electron chi connectivity index (χ1n) is 8.17. The fraction of sp³-hybridized carbons (Fsp3) is 0.300. The molecule has 2 heterocycles. The number of aromatic nitrogens is 2. The Labute approximate surface area is 142 Å². The second kappa shape index (κ2) is 6.11. The third-order valence-electron chi connectivity index (χ3n) is 4.16. The van der Waals surface area contributed by atoms with E-state index in [9.17, 15) is 4.79 Å². The lowest BCUT2D eigenvalue weighted by Crippen LogP contribution is -2.18. The minimum atomic E-state index is -0.0435. The van der Waals surface area contributed by atoms with Gasteiger partial charge in [-0.2, -0.15) is 0 Å². The Bertz CT molecular complexity index is 918. The number of fused-ring (bicyclic) bond motifs is 1. The first-order valence-corrected chi connectivity index (χ1v) is 8.17. The van der Waals surface area contributed by atoms with Gasteiger partial charge in [0.2, 0.25) is 0 Å². The fourth-order valence-corrected chi connectivity index (χ4v) is 2.73. The molecule has 0 amide bonds. The van der Waals surface area contributed by atoms with E-state index in [1.165, 1.54) is 5.56 Å². The molecule has 0 unspecified atom stereocenters. The Balaban J connectivity index is 1.80. The van der Waals surface area contributed by atoms with E-state index < -0.39 is 0 Å². The molecule has 3 aromatic rings. The van der Waals surface area contributed by atoms with Gasteiger partial charge in [0.15, 0.2) is 0 Å². The minimum Gasteiger partial charge on any atom is -0.379 e. The van der Waals surface area contributed by atoms with Gasteiger partial charge in [-0.3, -0.25) is 9.20 Å². The van der Waals surface area contributed by atoms with E-state index in [0.29, 0.717) is 12.2 Å². The van der Waals surface area contributed by atoms with Gasteiger partial charge in [-0.05, 0) is 42.2 Å². The number of nitrogens with zero attached hydrogens (tertiary/aromatic N) is 2. The zero-order valence-corrected chi connectivity index (χ0v) is 14.6. The number of nitrogens with one attached hydrogen (secondary N) is 1. The summed E-state index contributed by atoms with van der Waals surface area (Å²) >= 11 is 0. The molecule has 0 saturated heterocycles. The first kappa shape index (κ1) is 16.2. The van der Waals surface area contributed by atoms with E-state index in [1.54, 1.807) is 10.5 Å². The van der Waals surface area contributed by atoms with Gasteiger partial charge in [0, 0.05) is 17.4 Å². The molecular weight excluding hydrogens is 298 g/mol. The molecule has 0 atom stereocenters. The van der Waals surface area contributed by atoms with Crippen molar-refractivity contribution in [2.75, 3.05) is 5.32 Å². The highest BCUT2D eigenvalue weighted by molar-refractivity contribution is 5.46. The highest BCUT2D eigenvalue weighted by Gasteiger charge is 2.12. The molecule has 0 saturated carbocycles. The van der Waals surface area contributed by atoms with Crippen LogP contribution in [0.25, 0.3) is 5.65 Å². The molecule has 0 spiro atoms. The molecule has 124 valence electrons. The number of hydrogen-bond donors (Lipinski definition) is 1. The molecule has 4 nitrogen and oxygen atoms in total. The average molecular weight is 321 g/mol. The smallest absolute Gasteiger partial charge is 0.258 e. The van der Waals surface area contributed by atoms with E-state index in [2.05, 4.69) is 55.3 Å². The molecule has 4 heteroatoms. The Kier molecular flexibility index (Phi) is 4.14. The zero-order chi connectivity index (χ0) is 17.3. The SMILES string of the molecule is Cc1cccc2nc(CNc3ccc(C(C)(C)C)cc3)cc(=O)n12. The molecule has 0 aliphatic heterocycles. The topological polar surface area (TPSA) is 46.4 Å². The van der Waals surface area contributed by atoms with Crippen LogP contribution in [0.4, 0.5) is 5.69 Å². The Morgan fingerprint density at radius 1 is 1.08 bits per heavy atom. The maximum Gasteiger partial charge on any atom is 0.258 e. The molecule has 0 bridgehead atoms. The number of hydrogen-bond acceptors (Lipinski definition) is 3. The van der Waals surface area contributed by atoms with Crippen LogP contribution in [0.2, 0.25) is 0 Å². The maximum atomic E-state index is 12.3. The largest absolute Gasteiger partial charge is 0.379 e. The number of pyridine rings is 1. The molecule has 0 aliphatic carbocycles. The molecule has 0 aliphatic rings. The fourth-order valence-electron chi connectivity index (χ4n) is 2.73. The van der Waals surface area contributed by atoms with Gasteiger partial charge in [0.1, 0.15) is 5.65 Å². The van der Waals surface area contributed by atoms with Crippen LogP contribution < -0.4 is 10.9 Å². The summed E-state index contributed by atoms with van der Waals surface area (Å²) in [4.78, 5) is 16.9. The van der Waals surface area contributed by atoms with Gasteiger partial charge in [-0.25, -0.2) is 4.98 Å². The summed E-state index contributed by atoms with van der Waals surface area (Å²) in [5, 5.41) is 3.34. The molecule has 2 aromatic heterocycles. The van der Waals surface area contributed by atoms with Gasteiger partial charge in [-0.15, -0.1) is 0 Å². The monoisotopic (exact) mass is 321 g/mol. The summed E-state index contributed by atoms with van der Waals surface area (Å²) in [6.07, 6.45) is 0. The molecule has 24 heavy (non-hydrogen) atoms. The molecule has 1 N–H and O–H groups in total. The summed E-state index contributed by atoms with van der Waals surface area (Å²) in [7, 11) is 0. The highest BCUT2D eigenvalue weighted by Crippen LogP contribution is 2.23. The van der Waals surface area contributed by atoms with E-state index in [1.807, 2.05) is 25.1 Å². The van der Waals surface area contributed by atoms with Crippen molar-refractivity contribution in [1.29, 1.82) is 0 Å². The lowest BCUT2D eigenvalue weighted by molar-refractivity contribution is 0.590. The zero-order valence-electron chi connectivity index (χ0n) is 14.6. The van der Waals surface area contributed by atoms with Crippen LogP contribution in [-0.4, -0.2) is 9.38 Å². The van der Waals surface area contributed by atoms with Crippen molar-refractivity contribution in [2.45, 2.75) is 39.7 Å². The van der Waals surface area contributed by atoms with Gasteiger partial charge in [0.05, 0.1) is 12.2 Å². The van der Waals surface area contributed by atoms with E-state index in [0.717, 1.165) is 17.1 Å². The number of anilines is 1. The number of aryl methyl sites for hydroxylation is 1. The van der Waals surface area contributed by atoms with Gasteiger partial charge in [0.25, 0.3) is 5.56 Å². The lowest BCUT2D eigenvalue weighted by Gasteiger charge is -2.19. The molecule has 3 rings (SSSR count). The lowest BCUT2D eigenvalue weighted by atomic mass is 9.87. The van der Waals surface area contributed by atoms with Crippen molar-refractivity contribution in [1.82, 2.24) is 9.38 Å². The predicted octanol–water partition coefficient (Wildman–Crippen LogP) is 3.91. The van der Waals surface area contributed by atoms with Crippen LogP contribution in [0.1, 0.15) is 37.7 Å². The predicted molar refractivity (Wildman–Crippen MR) is 98.7 cm³/mol. The Hall–Kier alpha value is -2.62. The third-order valence-corrected chi connectivity index (χ3v) is 4.16. The van der Waals surface area contributed by atoms with Crippen molar-refractivity contribution in [3.05, 3.63) is 75.8 Å². The summed E-state index contributed by atoms with van der Waals surface area (Å²) in [5.74, 6) is 0. The number of rotatable bonds is 3. The second-order valence-electron chi connectivity index (χ2n) is 7.13. The minimum absolute atomic E-state index is 0.0435. The Morgan fingerprint density at radius 3 is 2.46 bits per heavy atom. The summed E-state index contributed by atoms with van der Waals surface area (Å²) in [5.41, 5.74) is 4.73. The molecular formula is C20H23N3O. The molecule has 0 radical (unpaired) electrons. The summed E-state index contributed by atoms with van der Waals surface area (Å²) in [6.45, 7) is 9.02. The second-order valence-corrected chi connectivity index (χ2v) is 7.13.